The van der Waals surface area contributed by atoms with E-state index in [1.165, 1.54) is 12.4 Å². The molecule has 8 heteroatoms. The number of piperazine rings is 1. The molecule has 18 heavy (non-hydrogen) atoms. The van der Waals surface area contributed by atoms with Gasteiger partial charge in [-0.25, -0.2) is 4.98 Å². The first kappa shape index (κ1) is 12.0. The van der Waals surface area contributed by atoms with E-state index in [0.717, 1.165) is 4.90 Å². The van der Waals surface area contributed by atoms with Gasteiger partial charge in [-0.05, 0) is 0 Å². The highest BCUT2D eigenvalue weighted by atomic mass is 16.2. The Morgan fingerprint density at radius 2 is 2.00 bits per heavy atom. The zero-order valence-corrected chi connectivity index (χ0v) is 9.64. The molecule has 0 spiro atoms. The number of hydrogen-bond acceptors (Lipinski definition) is 6. The third-order valence-electron chi connectivity index (χ3n) is 2.34. The molecular weight excluding hydrogens is 238 g/mol. The van der Waals surface area contributed by atoms with Crippen molar-refractivity contribution in [2.45, 2.75) is 0 Å². The summed E-state index contributed by atoms with van der Waals surface area (Å²) in [5.74, 6) is -1.06. The summed E-state index contributed by atoms with van der Waals surface area (Å²) >= 11 is 0. The number of anilines is 1. The topological polar surface area (TPSA) is 104 Å². The lowest BCUT2D eigenvalue weighted by Gasteiger charge is -2.24. The Morgan fingerprint density at radius 3 is 2.61 bits per heavy atom. The molecular formula is C10H11N5O3. The highest BCUT2D eigenvalue weighted by molar-refractivity contribution is 6.05. The van der Waals surface area contributed by atoms with E-state index in [1.54, 1.807) is 7.05 Å². The molecule has 1 fully saturated rings. The summed E-state index contributed by atoms with van der Waals surface area (Å²) < 4.78 is 0. The largest absolute Gasteiger partial charge is 0.372 e. The minimum Gasteiger partial charge on any atom is -0.372 e. The molecule has 1 aromatic heterocycles. The fourth-order valence-electron chi connectivity index (χ4n) is 1.53. The van der Waals surface area contributed by atoms with E-state index in [0.29, 0.717) is 5.82 Å². The van der Waals surface area contributed by atoms with Gasteiger partial charge >= 0.3 is 0 Å². The molecule has 94 valence electrons. The average Bonchev–Trinajstić information content (AvgIpc) is 2.37. The Labute approximate surface area is 102 Å². The lowest BCUT2D eigenvalue weighted by molar-refractivity contribution is -0.135. The number of aromatic nitrogens is 2. The Bertz CT molecular complexity index is 500. The lowest BCUT2D eigenvalue weighted by atomic mass is 10.3. The zero-order valence-electron chi connectivity index (χ0n) is 9.64. The van der Waals surface area contributed by atoms with Crippen molar-refractivity contribution >= 4 is 23.5 Å². The van der Waals surface area contributed by atoms with Crippen molar-refractivity contribution in [3.8, 4) is 0 Å². The standard InChI is InChI=1S/C10H11N5O3/c1-11-7-3-12-2-6(13-7)10(18)15-4-8(16)14-9(17)5-15/h2-3H,4-5H2,1H3,(H,11,13)(H,14,16,17). The Morgan fingerprint density at radius 1 is 1.33 bits per heavy atom. The first-order valence-electron chi connectivity index (χ1n) is 5.22. The van der Waals surface area contributed by atoms with Gasteiger partial charge in [0.15, 0.2) is 0 Å². The molecule has 2 rings (SSSR count). The van der Waals surface area contributed by atoms with Crippen molar-refractivity contribution < 1.29 is 14.4 Å². The quantitative estimate of drug-likeness (QED) is 0.626. The fourth-order valence-corrected chi connectivity index (χ4v) is 1.53. The summed E-state index contributed by atoms with van der Waals surface area (Å²) in [7, 11) is 1.65. The Balaban J connectivity index is 2.19. The molecule has 1 aliphatic heterocycles. The molecule has 0 bridgehead atoms. The van der Waals surface area contributed by atoms with Crippen LogP contribution in [0.15, 0.2) is 12.4 Å². The monoisotopic (exact) mass is 249 g/mol. The van der Waals surface area contributed by atoms with Crippen molar-refractivity contribution in [3.63, 3.8) is 0 Å². The maximum Gasteiger partial charge on any atom is 0.275 e. The van der Waals surface area contributed by atoms with Gasteiger partial charge in [0.25, 0.3) is 5.91 Å². The molecule has 2 heterocycles. The van der Waals surface area contributed by atoms with Crippen LogP contribution in [0.4, 0.5) is 5.82 Å². The highest BCUT2D eigenvalue weighted by Gasteiger charge is 2.27. The first-order valence-corrected chi connectivity index (χ1v) is 5.22. The Kier molecular flexibility index (Phi) is 3.18. The van der Waals surface area contributed by atoms with Crippen LogP contribution < -0.4 is 10.6 Å². The molecule has 8 nitrogen and oxygen atoms in total. The molecule has 0 radical (unpaired) electrons. The maximum atomic E-state index is 12.0. The molecule has 0 unspecified atom stereocenters. The second-order valence-corrected chi connectivity index (χ2v) is 3.67. The van der Waals surface area contributed by atoms with Crippen molar-refractivity contribution in [1.29, 1.82) is 0 Å². The second kappa shape index (κ2) is 4.78. The molecule has 0 saturated carbocycles. The number of rotatable bonds is 2. The minimum absolute atomic E-state index is 0.0874. The predicted octanol–water partition coefficient (Wildman–Crippen LogP) is -1.38. The average molecular weight is 249 g/mol. The summed E-state index contributed by atoms with van der Waals surface area (Å²) in [6, 6.07) is 0. The summed E-state index contributed by atoms with van der Waals surface area (Å²) in [6.45, 7) is -0.313. The van der Waals surface area contributed by atoms with Gasteiger partial charge in [0.1, 0.15) is 24.6 Å². The van der Waals surface area contributed by atoms with Gasteiger partial charge in [0.2, 0.25) is 11.8 Å². The number of carbonyl (C=O) groups is 3. The van der Waals surface area contributed by atoms with Crippen LogP contribution in [-0.2, 0) is 9.59 Å². The number of amides is 3. The van der Waals surface area contributed by atoms with Gasteiger partial charge in [0, 0.05) is 7.05 Å². The van der Waals surface area contributed by atoms with Crippen LogP contribution in [0.5, 0.6) is 0 Å². The first-order chi connectivity index (χ1) is 8.60. The van der Waals surface area contributed by atoms with Crippen LogP contribution in [-0.4, -0.2) is 52.7 Å². The molecule has 3 amide bonds. The maximum absolute atomic E-state index is 12.0. The van der Waals surface area contributed by atoms with E-state index in [1.807, 2.05) is 0 Å². The molecule has 0 atom stereocenters. The van der Waals surface area contributed by atoms with Crippen LogP contribution in [0.25, 0.3) is 0 Å². The number of hydrogen-bond donors (Lipinski definition) is 2. The van der Waals surface area contributed by atoms with Crippen LogP contribution in [0.2, 0.25) is 0 Å². The van der Waals surface area contributed by atoms with E-state index >= 15 is 0 Å². The van der Waals surface area contributed by atoms with Crippen molar-refractivity contribution in [2.24, 2.45) is 0 Å². The summed E-state index contributed by atoms with van der Waals surface area (Å²) in [4.78, 5) is 43.3. The van der Waals surface area contributed by atoms with Crippen molar-refractivity contribution in [2.75, 3.05) is 25.5 Å². The van der Waals surface area contributed by atoms with Crippen LogP contribution in [0, 0.1) is 0 Å². The van der Waals surface area contributed by atoms with Gasteiger partial charge in [0.05, 0.1) is 12.4 Å². The summed E-state index contributed by atoms with van der Waals surface area (Å²) in [5.41, 5.74) is 0.0874. The summed E-state index contributed by atoms with van der Waals surface area (Å²) in [6.07, 6.45) is 2.75. The van der Waals surface area contributed by atoms with Gasteiger partial charge in [-0.2, -0.15) is 0 Å². The number of nitrogens with zero attached hydrogens (tertiary/aromatic N) is 3. The molecule has 0 aromatic carbocycles. The number of imide groups is 1. The van der Waals surface area contributed by atoms with Gasteiger partial charge < -0.3 is 10.2 Å². The number of carbonyl (C=O) groups excluding carboxylic acids is 3. The van der Waals surface area contributed by atoms with E-state index in [-0.39, 0.29) is 18.8 Å². The zero-order chi connectivity index (χ0) is 13.1. The molecule has 1 aromatic rings. The third-order valence-corrected chi connectivity index (χ3v) is 2.34. The smallest absolute Gasteiger partial charge is 0.275 e. The lowest BCUT2D eigenvalue weighted by Crippen LogP contribution is -2.53. The van der Waals surface area contributed by atoms with Crippen LogP contribution in [0.1, 0.15) is 10.5 Å². The number of nitrogens with one attached hydrogen (secondary N) is 2. The molecule has 1 aliphatic rings. The summed E-state index contributed by atoms with van der Waals surface area (Å²) in [5, 5.41) is 4.87. The third kappa shape index (κ3) is 2.42. The second-order valence-electron chi connectivity index (χ2n) is 3.67. The molecule has 0 aliphatic carbocycles. The van der Waals surface area contributed by atoms with Gasteiger partial charge in [-0.1, -0.05) is 0 Å². The van der Waals surface area contributed by atoms with E-state index < -0.39 is 17.7 Å². The van der Waals surface area contributed by atoms with Crippen molar-refractivity contribution in [3.05, 3.63) is 18.1 Å². The van der Waals surface area contributed by atoms with E-state index in [2.05, 4.69) is 20.6 Å². The molecule has 2 N–H and O–H groups in total. The normalized spacial score (nSPS) is 15.3. The molecule has 1 saturated heterocycles. The van der Waals surface area contributed by atoms with Crippen LogP contribution >= 0.6 is 0 Å². The predicted molar refractivity (Wildman–Crippen MR) is 60.6 cm³/mol. The van der Waals surface area contributed by atoms with Crippen LogP contribution in [0.3, 0.4) is 0 Å². The minimum atomic E-state index is -0.502. The highest BCUT2D eigenvalue weighted by Crippen LogP contribution is 2.06. The van der Waals surface area contributed by atoms with Crippen molar-refractivity contribution in [1.82, 2.24) is 20.2 Å². The van der Waals surface area contributed by atoms with E-state index in [9.17, 15) is 14.4 Å². The SMILES string of the molecule is CNc1cncc(C(=O)N2CC(=O)NC(=O)C2)n1. The fraction of sp³-hybridized carbons (Fsp3) is 0.300. The Hall–Kier alpha value is -2.51. The van der Waals surface area contributed by atoms with Gasteiger partial charge in [-0.3, -0.25) is 24.7 Å². The van der Waals surface area contributed by atoms with Gasteiger partial charge in [-0.15, -0.1) is 0 Å². The van der Waals surface area contributed by atoms with E-state index in [4.69, 9.17) is 0 Å².